The van der Waals surface area contributed by atoms with Crippen LogP contribution in [0.4, 0.5) is 0 Å². The first-order valence-corrected chi connectivity index (χ1v) is 5.68. The highest BCUT2D eigenvalue weighted by Gasteiger charge is 2.45. The van der Waals surface area contributed by atoms with Gasteiger partial charge in [0.25, 0.3) is 0 Å². The summed E-state index contributed by atoms with van der Waals surface area (Å²) in [6.07, 6.45) is 0.655. The second-order valence-corrected chi connectivity index (χ2v) is 4.45. The number of carbonyl (C=O) groups excluding carboxylic acids is 1. The van der Waals surface area contributed by atoms with E-state index in [2.05, 4.69) is 5.32 Å². The van der Waals surface area contributed by atoms with Gasteiger partial charge in [0.05, 0.1) is 19.8 Å². The van der Waals surface area contributed by atoms with Crippen LogP contribution in [0, 0.1) is 12.3 Å². The highest BCUT2D eigenvalue weighted by atomic mass is 16.5. The fraction of sp³-hybridized carbons (Fsp3) is 0.583. The van der Waals surface area contributed by atoms with Crippen molar-refractivity contribution in [2.45, 2.75) is 13.3 Å². The van der Waals surface area contributed by atoms with Crippen LogP contribution in [-0.4, -0.2) is 37.4 Å². The van der Waals surface area contributed by atoms with Crippen LogP contribution in [0.15, 0.2) is 16.5 Å². The largest absolute Gasteiger partial charge is 0.466 e. The van der Waals surface area contributed by atoms with Gasteiger partial charge in [0.2, 0.25) is 5.91 Å². The van der Waals surface area contributed by atoms with E-state index in [9.17, 15) is 4.79 Å². The summed E-state index contributed by atoms with van der Waals surface area (Å²) in [7, 11) is 0. The molecule has 1 aromatic rings. The first-order valence-electron chi connectivity index (χ1n) is 5.68. The van der Waals surface area contributed by atoms with Crippen molar-refractivity contribution in [3.05, 3.63) is 23.7 Å². The van der Waals surface area contributed by atoms with Crippen molar-refractivity contribution in [2.75, 3.05) is 26.4 Å². The Morgan fingerprint density at radius 3 is 2.76 bits per heavy atom. The molecule has 0 unspecified atom stereocenters. The molecule has 2 rings (SSSR count). The van der Waals surface area contributed by atoms with Crippen LogP contribution in [-0.2, 0) is 16.0 Å². The lowest BCUT2D eigenvalue weighted by Crippen LogP contribution is -2.56. The van der Waals surface area contributed by atoms with E-state index in [1.54, 1.807) is 0 Å². The number of aryl methyl sites for hydroxylation is 1. The molecule has 1 aliphatic heterocycles. The van der Waals surface area contributed by atoms with E-state index in [4.69, 9.17) is 14.3 Å². The Kier molecular flexibility index (Phi) is 3.49. The zero-order valence-electron chi connectivity index (χ0n) is 9.86. The van der Waals surface area contributed by atoms with Crippen LogP contribution in [0.5, 0.6) is 0 Å². The van der Waals surface area contributed by atoms with Crippen LogP contribution in [0.1, 0.15) is 11.5 Å². The Bertz CT molecular complexity index is 389. The van der Waals surface area contributed by atoms with E-state index < -0.39 is 5.41 Å². The summed E-state index contributed by atoms with van der Waals surface area (Å²) < 4.78 is 10.4. The van der Waals surface area contributed by atoms with Gasteiger partial charge < -0.3 is 19.6 Å². The summed E-state index contributed by atoms with van der Waals surface area (Å²) in [6.45, 7) is 2.82. The molecule has 0 spiro atoms. The van der Waals surface area contributed by atoms with Crippen molar-refractivity contribution in [3.8, 4) is 0 Å². The first-order chi connectivity index (χ1) is 8.16. The van der Waals surface area contributed by atoms with Gasteiger partial charge in [-0.2, -0.15) is 0 Å². The SMILES string of the molecule is Cc1ccc(CCNC(=O)C2(CO)COC2)o1. The van der Waals surface area contributed by atoms with Crippen molar-refractivity contribution in [1.82, 2.24) is 5.32 Å². The quantitative estimate of drug-likeness (QED) is 0.773. The Balaban J connectivity index is 1.77. The maximum absolute atomic E-state index is 11.8. The maximum atomic E-state index is 11.8. The minimum atomic E-state index is -0.723. The lowest BCUT2D eigenvalue weighted by molar-refractivity contribution is -0.169. The third-order valence-corrected chi connectivity index (χ3v) is 2.99. The predicted molar refractivity (Wildman–Crippen MR) is 60.5 cm³/mol. The minimum Gasteiger partial charge on any atom is -0.466 e. The van der Waals surface area contributed by atoms with Crippen molar-refractivity contribution in [2.24, 2.45) is 5.41 Å². The van der Waals surface area contributed by atoms with E-state index in [1.807, 2.05) is 19.1 Å². The van der Waals surface area contributed by atoms with Crippen molar-refractivity contribution in [3.63, 3.8) is 0 Å². The standard InChI is InChI=1S/C12H17NO4/c1-9-2-3-10(17-9)4-5-13-11(15)12(6-14)7-16-8-12/h2-3,14H,4-8H2,1H3,(H,13,15). The molecule has 1 fully saturated rings. The van der Waals surface area contributed by atoms with Crippen LogP contribution in [0.3, 0.4) is 0 Å². The van der Waals surface area contributed by atoms with Crippen molar-refractivity contribution < 1.29 is 19.1 Å². The summed E-state index contributed by atoms with van der Waals surface area (Å²) in [5.74, 6) is 1.57. The number of furan rings is 1. The summed E-state index contributed by atoms with van der Waals surface area (Å²) >= 11 is 0. The molecule has 0 atom stereocenters. The van der Waals surface area contributed by atoms with Crippen LogP contribution < -0.4 is 5.32 Å². The zero-order chi connectivity index (χ0) is 12.3. The molecule has 0 aliphatic carbocycles. The zero-order valence-corrected chi connectivity index (χ0v) is 9.86. The Labute approximate surface area is 99.8 Å². The lowest BCUT2D eigenvalue weighted by Gasteiger charge is -2.37. The molecule has 0 saturated carbocycles. The molecule has 5 heteroatoms. The molecule has 17 heavy (non-hydrogen) atoms. The number of rotatable bonds is 5. The van der Waals surface area contributed by atoms with Gasteiger partial charge >= 0.3 is 0 Å². The summed E-state index contributed by atoms with van der Waals surface area (Å²) in [5.41, 5.74) is -0.723. The number of carbonyl (C=O) groups is 1. The molecular formula is C12H17NO4. The molecule has 5 nitrogen and oxygen atoms in total. The van der Waals surface area contributed by atoms with Gasteiger partial charge in [-0.05, 0) is 19.1 Å². The molecule has 2 heterocycles. The molecule has 1 amide bonds. The van der Waals surface area contributed by atoms with E-state index in [-0.39, 0.29) is 12.5 Å². The van der Waals surface area contributed by atoms with E-state index >= 15 is 0 Å². The molecule has 0 bridgehead atoms. The van der Waals surface area contributed by atoms with Gasteiger partial charge in [-0.1, -0.05) is 0 Å². The number of nitrogens with one attached hydrogen (secondary N) is 1. The normalized spacial score (nSPS) is 17.5. The molecule has 2 N–H and O–H groups in total. The Hall–Kier alpha value is -1.33. The van der Waals surface area contributed by atoms with E-state index in [0.29, 0.717) is 26.2 Å². The molecule has 1 aliphatic rings. The number of aliphatic hydroxyl groups excluding tert-OH is 1. The lowest BCUT2D eigenvalue weighted by atomic mass is 9.86. The smallest absolute Gasteiger partial charge is 0.233 e. The fourth-order valence-corrected chi connectivity index (χ4v) is 1.75. The Morgan fingerprint density at radius 1 is 1.53 bits per heavy atom. The first kappa shape index (κ1) is 12.1. The second kappa shape index (κ2) is 4.89. The number of hydrogen-bond donors (Lipinski definition) is 2. The number of ether oxygens (including phenoxy) is 1. The average Bonchev–Trinajstić information content (AvgIpc) is 2.63. The fourth-order valence-electron chi connectivity index (χ4n) is 1.75. The third kappa shape index (κ3) is 2.50. The van der Waals surface area contributed by atoms with Gasteiger partial charge in [-0.3, -0.25) is 4.79 Å². The molecule has 1 aromatic heterocycles. The third-order valence-electron chi connectivity index (χ3n) is 2.99. The van der Waals surface area contributed by atoms with Crippen LogP contribution in [0.2, 0.25) is 0 Å². The van der Waals surface area contributed by atoms with Crippen molar-refractivity contribution >= 4 is 5.91 Å². The highest BCUT2D eigenvalue weighted by Crippen LogP contribution is 2.26. The highest BCUT2D eigenvalue weighted by molar-refractivity contribution is 5.83. The van der Waals surface area contributed by atoms with Gasteiger partial charge in [-0.15, -0.1) is 0 Å². The second-order valence-electron chi connectivity index (χ2n) is 4.45. The molecule has 94 valence electrons. The van der Waals surface area contributed by atoms with E-state index in [1.165, 1.54) is 0 Å². The van der Waals surface area contributed by atoms with E-state index in [0.717, 1.165) is 11.5 Å². The molecule has 0 radical (unpaired) electrons. The number of amides is 1. The van der Waals surface area contributed by atoms with Crippen molar-refractivity contribution in [1.29, 1.82) is 0 Å². The summed E-state index contributed by atoms with van der Waals surface area (Å²) in [6, 6.07) is 3.79. The van der Waals surface area contributed by atoms with Gasteiger partial charge in [-0.25, -0.2) is 0 Å². The maximum Gasteiger partial charge on any atom is 0.233 e. The predicted octanol–water partition coefficient (Wildman–Crippen LogP) is 0.256. The summed E-state index contributed by atoms with van der Waals surface area (Å²) in [5, 5.41) is 12.0. The molecule has 0 aromatic carbocycles. The Morgan fingerprint density at radius 2 is 2.29 bits per heavy atom. The monoisotopic (exact) mass is 239 g/mol. The van der Waals surface area contributed by atoms with Gasteiger partial charge in [0.15, 0.2) is 0 Å². The van der Waals surface area contributed by atoms with Gasteiger partial charge in [0, 0.05) is 13.0 Å². The molecule has 1 saturated heterocycles. The van der Waals surface area contributed by atoms with Crippen LogP contribution in [0.25, 0.3) is 0 Å². The average molecular weight is 239 g/mol. The topological polar surface area (TPSA) is 71.7 Å². The van der Waals surface area contributed by atoms with Gasteiger partial charge in [0.1, 0.15) is 16.9 Å². The minimum absolute atomic E-state index is 0.144. The number of aliphatic hydroxyl groups is 1. The summed E-state index contributed by atoms with van der Waals surface area (Å²) in [4.78, 5) is 11.8. The molecular weight excluding hydrogens is 222 g/mol. The van der Waals surface area contributed by atoms with Crippen LogP contribution >= 0.6 is 0 Å². The number of hydrogen-bond acceptors (Lipinski definition) is 4.